The second-order valence-electron chi connectivity index (χ2n) is 9.73. The first kappa shape index (κ1) is 20.8. The molecule has 1 heterocycles. The number of aromatic hydroxyl groups is 1. The monoisotopic (exact) mass is 404 g/mol. The molecule has 3 aliphatic rings. The number of phenols is 1. The lowest BCUT2D eigenvalue weighted by Crippen LogP contribution is -2.62. The highest BCUT2D eigenvalue weighted by atomic mass is 16.7. The summed E-state index contributed by atoms with van der Waals surface area (Å²) in [6.07, 6.45) is 6.26. The number of hydrogen-bond donors (Lipinski definition) is 1. The first-order valence-electron chi connectivity index (χ1n) is 11.0. The lowest BCUT2D eigenvalue weighted by molar-refractivity contribution is -0.297. The van der Waals surface area contributed by atoms with Gasteiger partial charge in [0.05, 0.1) is 27.4 Å². The Bertz CT molecular complexity index is 756. The van der Waals surface area contributed by atoms with Crippen molar-refractivity contribution in [2.75, 3.05) is 27.4 Å². The molecular formula is C24H36O5. The number of phenolic OH excluding ortho intramolecular Hbond substituents is 1. The molecule has 5 heteroatoms. The molecule has 0 unspecified atom stereocenters. The summed E-state index contributed by atoms with van der Waals surface area (Å²) in [6, 6.07) is 3.49. The topological polar surface area (TPSA) is 57.2 Å². The molecule has 0 radical (unpaired) electrons. The van der Waals surface area contributed by atoms with Crippen LogP contribution in [0.4, 0.5) is 0 Å². The van der Waals surface area contributed by atoms with Gasteiger partial charge in [0, 0.05) is 17.4 Å². The van der Waals surface area contributed by atoms with E-state index in [0.717, 1.165) is 37.7 Å². The van der Waals surface area contributed by atoms with E-state index < -0.39 is 5.79 Å². The second-order valence-corrected chi connectivity index (χ2v) is 9.73. The van der Waals surface area contributed by atoms with E-state index in [9.17, 15) is 5.11 Å². The predicted molar refractivity (Wildman–Crippen MR) is 112 cm³/mol. The minimum absolute atomic E-state index is 0.00709. The molecule has 3 fully saturated rings. The fraction of sp³-hybridized carbons (Fsp3) is 0.750. The molecule has 1 aromatic rings. The molecule has 1 N–H and O–H groups in total. The van der Waals surface area contributed by atoms with Crippen LogP contribution in [0.3, 0.4) is 0 Å². The third kappa shape index (κ3) is 2.96. The number of rotatable bonds is 4. The van der Waals surface area contributed by atoms with Crippen molar-refractivity contribution in [2.24, 2.45) is 22.7 Å². The molecule has 5 nitrogen and oxygen atoms in total. The predicted octanol–water partition coefficient (Wildman–Crippen LogP) is 4.94. The summed E-state index contributed by atoms with van der Waals surface area (Å²) in [4.78, 5) is 0. The van der Waals surface area contributed by atoms with Gasteiger partial charge in [-0.15, -0.1) is 0 Å². The highest BCUT2D eigenvalue weighted by molar-refractivity contribution is 5.54. The van der Waals surface area contributed by atoms with Crippen LogP contribution in [0.25, 0.3) is 0 Å². The van der Waals surface area contributed by atoms with E-state index in [-0.39, 0.29) is 16.6 Å². The molecule has 1 aliphatic heterocycles. The number of ether oxygens (including phenoxy) is 4. The van der Waals surface area contributed by atoms with Gasteiger partial charge >= 0.3 is 0 Å². The van der Waals surface area contributed by atoms with Gasteiger partial charge in [0.2, 0.25) is 0 Å². The zero-order valence-corrected chi connectivity index (χ0v) is 18.5. The van der Waals surface area contributed by atoms with E-state index >= 15 is 0 Å². The molecule has 2 aliphatic carbocycles. The van der Waals surface area contributed by atoms with Crippen LogP contribution in [0.15, 0.2) is 12.1 Å². The van der Waals surface area contributed by atoms with Gasteiger partial charge < -0.3 is 24.1 Å². The highest BCUT2D eigenvalue weighted by Crippen LogP contribution is 2.66. The second kappa shape index (κ2) is 7.35. The molecule has 0 aromatic heterocycles. The van der Waals surface area contributed by atoms with Crippen LogP contribution in [-0.2, 0) is 15.9 Å². The smallest absolute Gasteiger partial charge is 0.174 e. The fourth-order valence-corrected chi connectivity index (χ4v) is 6.78. The molecular weight excluding hydrogens is 368 g/mol. The maximum absolute atomic E-state index is 10.8. The Balaban J connectivity index is 1.77. The summed E-state index contributed by atoms with van der Waals surface area (Å²) in [5.74, 6) is 2.11. The van der Waals surface area contributed by atoms with E-state index in [1.807, 2.05) is 0 Å². The van der Waals surface area contributed by atoms with Crippen molar-refractivity contribution in [3.8, 4) is 17.2 Å². The summed E-state index contributed by atoms with van der Waals surface area (Å²) >= 11 is 0. The van der Waals surface area contributed by atoms with Crippen LogP contribution >= 0.6 is 0 Å². The van der Waals surface area contributed by atoms with E-state index in [4.69, 9.17) is 18.9 Å². The number of fused-ring (bicyclic) bond motifs is 2. The lowest BCUT2D eigenvalue weighted by atomic mass is 9.45. The van der Waals surface area contributed by atoms with Gasteiger partial charge in [0.25, 0.3) is 0 Å². The van der Waals surface area contributed by atoms with Crippen LogP contribution in [-0.4, -0.2) is 38.3 Å². The Morgan fingerprint density at radius 3 is 2.45 bits per heavy atom. The quantitative estimate of drug-likeness (QED) is 0.770. The van der Waals surface area contributed by atoms with Crippen molar-refractivity contribution < 1.29 is 24.1 Å². The van der Waals surface area contributed by atoms with Crippen molar-refractivity contribution in [1.82, 2.24) is 0 Å². The Kier molecular flexibility index (Phi) is 5.27. The minimum atomic E-state index is -0.447. The van der Waals surface area contributed by atoms with Gasteiger partial charge in [-0.3, -0.25) is 0 Å². The third-order valence-corrected chi connectivity index (χ3v) is 8.59. The normalized spacial score (nSPS) is 36.0. The van der Waals surface area contributed by atoms with Crippen molar-refractivity contribution in [2.45, 2.75) is 65.1 Å². The average molecular weight is 405 g/mol. The van der Waals surface area contributed by atoms with E-state index in [1.54, 1.807) is 26.4 Å². The zero-order chi connectivity index (χ0) is 20.9. The fourth-order valence-electron chi connectivity index (χ4n) is 6.78. The van der Waals surface area contributed by atoms with Crippen molar-refractivity contribution in [3.63, 3.8) is 0 Å². The van der Waals surface area contributed by atoms with Gasteiger partial charge in [0.1, 0.15) is 5.75 Å². The van der Waals surface area contributed by atoms with E-state index in [0.29, 0.717) is 36.5 Å². The van der Waals surface area contributed by atoms with Gasteiger partial charge in [-0.1, -0.05) is 20.8 Å². The molecule has 4 atom stereocenters. The van der Waals surface area contributed by atoms with Gasteiger partial charge in [-0.2, -0.15) is 0 Å². The van der Waals surface area contributed by atoms with Crippen molar-refractivity contribution in [1.29, 1.82) is 0 Å². The summed E-state index contributed by atoms with van der Waals surface area (Å²) in [5.41, 5.74) is 0.816. The standard InChI is InChI=1S/C24H36O5/c1-16-10-12-23(3)20(7-6-11-24(23)28-13-14-29-24)22(16,2)15-17-18(25)8-9-19(26-4)21(17)27-5/h8-9,16,20,25H,6-7,10-15H2,1-5H3/t16-,20-,22+,23+/m0/s1. The number of benzene rings is 1. The lowest BCUT2D eigenvalue weighted by Gasteiger charge is -2.63. The first-order valence-corrected chi connectivity index (χ1v) is 11.0. The summed E-state index contributed by atoms with van der Waals surface area (Å²) in [7, 11) is 3.29. The maximum atomic E-state index is 10.8. The Hall–Kier alpha value is -1.46. The average Bonchev–Trinajstić information content (AvgIpc) is 3.19. The molecule has 0 bridgehead atoms. The van der Waals surface area contributed by atoms with Crippen LogP contribution in [0.5, 0.6) is 17.2 Å². The zero-order valence-electron chi connectivity index (χ0n) is 18.5. The number of methoxy groups -OCH3 is 2. The minimum Gasteiger partial charge on any atom is -0.508 e. The van der Waals surface area contributed by atoms with Crippen LogP contribution in [0.1, 0.15) is 58.4 Å². The van der Waals surface area contributed by atoms with Crippen LogP contribution in [0, 0.1) is 22.7 Å². The molecule has 1 saturated heterocycles. The molecule has 1 spiro atoms. The van der Waals surface area contributed by atoms with Gasteiger partial charge in [-0.05, 0) is 61.5 Å². The third-order valence-electron chi connectivity index (χ3n) is 8.59. The summed E-state index contributed by atoms with van der Waals surface area (Å²) in [6.45, 7) is 8.53. The van der Waals surface area contributed by atoms with Crippen molar-refractivity contribution >= 4 is 0 Å². The molecule has 2 saturated carbocycles. The molecule has 4 rings (SSSR count). The molecule has 162 valence electrons. The van der Waals surface area contributed by atoms with Crippen molar-refractivity contribution in [3.05, 3.63) is 17.7 Å². The number of hydrogen-bond acceptors (Lipinski definition) is 5. The maximum Gasteiger partial charge on any atom is 0.174 e. The molecule has 1 aromatic carbocycles. The Morgan fingerprint density at radius 1 is 1.07 bits per heavy atom. The largest absolute Gasteiger partial charge is 0.508 e. The van der Waals surface area contributed by atoms with E-state index in [2.05, 4.69) is 20.8 Å². The van der Waals surface area contributed by atoms with Gasteiger partial charge in [-0.25, -0.2) is 0 Å². The molecule has 0 amide bonds. The first-order chi connectivity index (χ1) is 13.8. The van der Waals surface area contributed by atoms with Crippen LogP contribution in [0.2, 0.25) is 0 Å². The summed E-state index contributed by atoms with van der Waals surface area (Å²) < 4.78 is 23.8. The Labute approximate surface area is 174 Å². The van der Waals surface area contributed by atoms with Gasteiger partial charge in [0.15, 0.2) is 17.3 Å². The van der Waals surface area contributed by atoms with E-state index in [1.165, 1.54) is 6.42 Å². The Morgan fingerprint density at radius 2 is 1.79 bits per heavy atom. The highest BCUT2D eigenvalue weighted by Gasteiger charge is 2.64. The summed E-state index contributed by atoms with van der Waals surface area (Å²) in [5, 5.41) is 10.8. The SMILES string of the molecule is COc1ccc(O)c(C[C@]2(C)[C@@H](C)CC[C@]3(C)[C@H]2CCCC32OCCO2)c1OC. The van der Waals surface area contributed by atoms with Crippen LogP contribution < -0.4 is 9.47 Å². The molecule has 29 heavy (non-hydrogen) atoms.